The average molecular weight is 319 g/mol. The van der Waals surface area contributed by atoms with Crippen molar-refractivity contribution >= 4 is 11.9 Å². The van der Waals surface area contributed by atoms with E-state index in [4.69, 9.17) is 4.74 Å². The van der Waals surface area contributed by atoms with E-state index in [-0.39, 0.29) is 49.3 Å². The third-order valence-electron chi connectivity index (χ3n) is 5.03. The Balaban J connectivity index is 1.65. The molecule has 8 nitrogen and oxygen atoms in total. The summed E-state index contributed by atoms with van der Waals surface area (Å²) in [7, 11) is 1.81. The van der Waals surface area contributed by atoms with E-state index in [1.54, 1.807) is 4.90 Å². The Kier molecular flexibility index (Phi) is 3.22. The maximum absolute atomic E-state index is 12.9. The number of nitrogens with one attached hydrogen (secondary N) is 2. The predicted molar refractivity (Wildman–Crippen MR) is 81.2 cm³/mol. The van der Waals surface area contributed by atoms with E-state index in [2.05, 4.69) is 27.7 Å². The van der Waals surface area contributed by atoms with Crippen LogP contribution in [0.1, 0.15) is 13.8 Å². The molecule has 1 amide bonds. The highest BCUT2D eigenvalue weighted by atomic mass is 16.5. The van der Waals surface area contributed by atoms with Gasteiger partial charge in [-0.25, -0.2) is 4.90 Å². The van der Waals surface area contributed by atoms with Crippen molar-refractivity contribution in [1.29, 1.82) is 0 Å². The largest absolute Gasteiger partial charge is 0.450 e. The third kappa shape index (κ3) is 2.02. The van der Waals surface area contributed by atoms with Crippen LogP contribution < -0.4 is 10.6 Å². The summed E-state index contributed by atoms with van der Waals surface area (Å²) in [6.07, 6.45) is 5.85. The summed E-state index contributed by atoms with van der Waals surface area (Å²) in [4.78, 5) is 29.9. The molecule has 0 aromatic heterocycles. The first-order valence-corrected chi connectivity index (χ1v) is 7.83. The van der Waals surface area contributed by atoms with Crippen LogP contribution in [-0.4, -0.2) is 71.1 Å². The minimum atomic E-state index is -0.382. The van der Waals surface area contributed by atoms with Gasteiger partial charge < -0.3 is 14.5 Å². The summed E-state index contributed by atoms with van der Waals surface area (Å²) in [5, 5.41) is 6.93. The number of nitrogens with zero attached hydrogens (tertiary/aromatic N) is 3. The van der Waals surface area contributed by atoms with Gasteiger partial charge in [0.25, 0.3) is 0 Å². The Labute approximate surface area is 134 Å². The van der Waals surface area contributed by atoms with E-state index in [0.29, 0.717) is 0 Å². The first-order valence-electron chi connectivity index (χ1n) is 7.83. The lowest BCUT2D eigenvalue weighted by Gasteiger charge is -2.46. The molecule has 0 radical (unpaired) electrons. The second kappa shape index (κ2) is 5.05. The standard InChI is InChI=1S/C15H21N5O3/c1-8-16-13-12(19(8)7-23-9(2)21)14(22)18(3)15-17-10-5-4-6-11(10)20(13)15/h4-6,8,10,12-13,15-17H,7H2,1-3H3/t8-,10?,12?,13?,15?/m0/s1. The lowest BCUT2D eigenvalue weighted by Crippen LogP contribution is -2.68. The van der Waals surface area contributed by atoms with Crippen LogP contribution >= 0.6 is 0 Å². The summed E-state index contributed by atoms with van der Waals surface area (Å²) in [5.41, 5.74) is 1.17. The third-order valence-corrected chi connectivity index (χ3v) is 5.03. The molecule has 2 N–H and O–H groups in total. The number of carbonyl (C=O) groups excluding carboxylic acids is 2. The molecule has 3 aliphatic heterocycles. The number of ether oxygens (including phenoxy) is 1. The van der Waals surface area contributed by atoms with Crippen molar-refractivity contribution in [2.24, 2.45) is 0 Å². The first-order chi connectivity index (χ1) is 11.0. The lowest BCUT2D eigenvalue weighted by atomic mass is 10.1. The van der Waals surface area contributed by atoms with Crippen LogP contribution in [0.2, 0.25) is 0 Å². The van der Waals surface area contributed by atoms with Gasteiger partial charge >= 0.3 is 5.97 Å². The van der Waals surface area contributed by atoms with Gasteiger partial charge in [0.15, 0.2) is 6.29 Å². The van der Waals surface area contributed by atoms with Gasteiger partial charge in [-0.15, -0.1) is 0 Å². The Morgan fingerprint density at radius 3 is 2.91 bits per heavy atom. The number of carbonyl (C=O) groups is 2. The maximum atomic E-state index is 12.9. The molecule has 1 aliphatic carbocycles. The van der Waals surface area contributed by atoms with Gasteiger partial charge in [-0.3, -0.25) is 20.2 Å². The highest BCUT2D eigenvalue weighted by Gasteiger charge is 2.57. The summed E-state index contributed by atoms with van der Waals surface area (Å²) in [5.74, 6) is -0.321. The molecular weight excluding hydrogens is 298 g/mol. The SMILES string of the molecule is CC(=O)OCN1C2C(=O)N(C)C3NC4C=CC=C4N3C2N[C@@H]1C. The number of esters is 1. The molecule has 8 heteroatoms. The van der Waals surface area contributed by atoms with Crippen molar-refractivity contribution in [3.63, 3.8) is 0 Å². The fourth-order valence-electron chi connectivity index (χ4n) is 3.90. The number of hydrogen-bond donors (Lipinski definition) is 2. The smallest absolute Gasteiger partial charge is 0.303 e. The summed E-state index contributed by atoms with van der Waals surface area (Å²) in [6.45, 7) is 3.46. The molecule has 0 bridgehead atoms. The van der Waals surface area contributed by atoms with Crippen LogP contribution in [0.15, 0.2) is 23.9 Å². The van der Waals surface area contributed by atoms with Crippen molar-refractivity contribution in [1.82, 2.24) is 25.3 Å². The molecule has 5 atom stereocenters. The Hall–Kier alpha value is -1.90. The molecule has 23 heavy (non-hydrogen) atoms. The molecule has 3 fully saturated rings. The van der Waals surface area contributed by atoms with Gasteiger partial charge in [-0.2, -0.15) is 0 Å². The zero-order valence-electron chi connectivity index (χ0n) is 13.4. The van der Waals surface area contributed by atoms with Gasteiger partial charge in [-0.1, -0.05) is 12.2 Å². The Bertz CT molecular complexity index is 618. The number of rotatable bonds is 2. The van der Waals surface area contributed by atoms with Crippen molar-refractivity contribution in [3.8, 4) is 0 Å². The summed E-state index contributed by atoms with van der Waals surface area (Å²) < 4.78 is 5.14. The number of hydrogen-bond acceptors (Lipinski definition) is 7. The number of amides is 1. The zero-order valence-corrected chi connectivity index (χ0v) is 13.4. The van der Waals surface area contributed by atoms with E-state index in [0.717, 1.165) is 0 Å². The van der Waals surface area contributed by atoms with Gasteiger partial charge in [0.05, 0.1) is 12.2 Å². The van der Waals surface area contributed by atoms with Crippen LogP contribution in [0.5, 0.6) is 0 Å². The second-order valence-corrected chi connectivity index (χ2v) is 6.36. The summed E-state index contributed by atoms with van der Waals surface area (Å²) in [6, 6.07) is -0.235. The molecule has 3 heterocycles. The van der Waals surface area contributed by atoms with Crippen LogP contribution in [0.3, 0.4) is 0 Å². The normalized spacial score (nSPS) is 38.5. The molecule has 0 spiro atoms. The lowest BCUT2D eigenvalue weighted by molar-refractivity contribution is -0.159. The van der Waals surface area contributed by atoms with E-state index in [1.807, 2.05) is 24.9 Å². The highest BCUT2D eigenvalue weighted by Crippen LogP contribution is 2.37. The summed E-state index contributed by atoms with van der Waals surface area (Å²) >= 11 is 0. The monoisotopic (exact) mass is 319 g/mol. The van der Waals surface area contributed by atoms with Crippen molar-refractivity contribution in [2.45, 2.75) is 44.6 Å². The Morgan fingerprint density at radius 1 is 1.39 bits per heavy atom. The second-order valence-electron chi connectivity index (χ2n) is 6.36. The minimum Gasteiger partial charge on any atom is -0.450 e. The molecule has 0 aromatic rings. The molecule has 4 unspecified atom stereocenters. The Morgan fingerprint density at radius 2 is 2.17 bits per heavy atom. The van der Waals surface area contributed by atoms with Gasteiger partial charge in [0.2, 0.25) is 5.91 Å². The number of likely N-dealkylation sites (N-methyl/N-ethyl adjacent to an activating group) is 1. The topological polar surface area (TPSA) is 77.2 Å². The van der Waals surface area contributed by atoms with Crippen molar-refractivity contribution in [3.05, 3.63) is 23.9 Å². The van der Waals surface area contributed by atoms with Crippen LogP contribution in [0.4, 0.5) is 0 Å². The van der Waals surface area contributed by atoms with E-state index < -0.39 is 0 Å². The quantitative estimate of drug-likeness (QED) is 0.628. The minimum absolute atomic E-state index is 0.0253. The predicted octanol–water partition coefficient (Wildman–Crippen LogP) is -1.06. The van der Waals surface area contributed by atoms with E-state index >= 15 is 0 Å². The molecule has 4 rings (SSSR count). The zero-order chi connectivity index (χ0) is 16.3. The molecule has 124 valence electrons. The van der Waals surface area contributed by atoms with Crippen LogP contribution in [-0.2, 0) is 14.3 Å². The van der Waals surface area contributed by atoms with Gasteiger partial charge in [-0.05, 0) is 13.0 Å². The van der Waals surface area contributed by atoms with E-state index in [1.165, 1.54) is 12.6 Å². The molecule has 0 aromatic carbocycles. The molecular formula is C15H21N5O3. The van der Waals surface area contributed by atoms with Crippen molar-refractivity contribution in [2.75, 3.05) is 13.8 Å². The molecule has 3 saturated heterocycles. The van der Waals surface area contributed by atoms with Crippen molar-refractivity contribution < 1.29 is 14.3 Å². The van der Waals surface area contributed by atoms with Crippen LogP contribution in [0, 0.1) is 0 Å². The fourth-order valence-corrected chi connectivity index (χ4v) is 3.90. The number of allylic oxidation sites excluding steroid dienone is 2. The number of fused-ring (bicyclic) bond motifs is 5. The van der Waals surface area contributed by atoms with Gasteiger partial charge in [0.1, 0.15) is 18.9 Å². The van der Waals surface area contributed by atoms with E-state index in [9.17, 15) is 9.59 Å². The fraction of sp³-hybridized carbons (Fsp3) is 0.600. The molecule has 0 saturated carbocycles. The molecule has 4 aliphatic rings. The maximum Gasteiger partial charge on any atom is 0.303 e. The van der Waals surface area contributed by atoms with Gasteiger partial charge in [0, 0.05) is 19.7 Å². The first kappa shape index (κ1) is 14.7. The highest BCUT2D eigenvalue weighted by molar-refractivity contribution is 5.84. The average Bonchev–Trinajstić information content (AvgIpc) is 3.14. The van der Waals surface area contributed by atoms with Crippen LogP contribution in [0.25, 0.3) is 0 Å².